The van der Waals surface area contributed by atoms with E-state index < -0.39 is 0 Å². The number of carbonyl (C=O) groups excluding carboxylic acids is 1. The molecule has 0 bridgehead atoms. The van der Waals surface area contributed by atoms with Crippen molar-refractivity contribution >= 4 is 11.7 Å². The van der Waals surface area contributed by atoms with Crippen molar-refractivity contribution in [2.45, 2.75) is 25.8 Å². The monoisotopic (exact) mass is 277 g/mol. The largest absolute Gasteiger partial charge is 0.396 e. The average Bonchev–Trinajstić information content (AvgIpc) is 2.48. The summed E-state index contributed by atoms with van der Waals surface area (Å²) in [6, 6.07) is 7.51. The van der Waals surface area contributed by atoms with Gasteiger partial charge >= 0.3 is 6.03 Å². The van der Waals surface area contributed by atoms with Crippen LogP contribution < -0.4 is 11.1 Å². The molecule has 4 N–H and O–H groups in total. The molecule has 1 fully saturated rings. The number of benzene rings is 1. The molecule has 0 radical (unpaired) electrons. The van der Waals surface area contributed by atoms with Crippen LogP contribution >= 0.6 is 0 Å². The summed E-state index contributed by atoms with van der Waals surface area (Å²) in [5, 5.41) is 11.9. The van der Waals surface area contributed by atoms with Crippen LogP contribution in [0, 0.1) is 5.92 Å². The standard InChI is InChI=1S/C15H23N3O2/c16-10-12-3-5-14(6-4-12)17-15(20)18-8-1-2-13(11-18)7-9-19/h3-6,13,19H,1-2,7-11,16H2,(H,17,20). The maximum atomic E-state index is 12.2. The lowest BCUT2D eigenvalue weighted by molar-refractivity contribution is 0.159. The first-order chi connectivity index (χ1) is 9.72. The van der Waals surface area contributed by atoms with Crippen molar-refractivity contribution in [2.75, 3.05) is 25.0 Å². The van der Waals surface area contributed by atoms with Gasteiger partial charge in [0.25, 0.3) is 0 Å². The minimum atomic E-state index is -0.0619. The number of amides is 2. The Hall–Kier alpha value is -1.59. The number of rotatable bonds is 4. The Bertz CT molecular complexity index is 431. The number of anilines is 1. The molecule has 0 saturated carbocycles. The Kier molecular flexibility index (Phi) is 5.38. The van der Waals surface area contributed by atoms with Crippen molar-refractivity contribution in [1.29, 1.82) is 0 Å². The van der Waals surface area contributed by atoms with E-state index in [1.54, 1.807) is 0 Å². The molecule has 1 aliphatic heterocycles. The maximum absolute atomic E-state index is 12.2. The summed E-state index contributed by atoms with van der Waals surface area (Å²) in [6.07, 6.45) is 2.87. The first kappa shape index (κ1) is 14.8. The van der Waals surface area contributed by atoms with Crippen molar-refractivity contribution < 1.29 is 9.90 Å². The van der Waals surface area contributed by atoms with Gasteiger partial charge < -0.3 is 21.1 Å². The lowest BCUT2D eigenvalue weighted by Gasteiger charge is -2.32. The van der Waals surface area contributed by atoms with Crippen LogP contribution in [0.1, 0.15) is 24.8 Å². The highest BCUT2D eigenvalue weighted by Gasteiger charge is 2.23. The molecule has 0 spiro atoms. The number of urea groups is 1. The number of nitrogens with one attached hydrogen (secondary N) is 1. The molecular formula is C15H23N3O2. The molecule has 5 nitrogen and oxygen atoms in total. The van der Waals surface area contributed by atoms with Crippen LogP contribution in [0.15, 0.2) is 24.3 Å². The summed E-state index contributed by atoms with van der Waals surface area (Å²) < 4.78 is 0. The van der Waals surface area contributed by atoms with Crippen LogP contribution in [0.25, 0.3) is 0 Å². The van der Waals surface area contributed by atoms with Crippen molar-refractivity contribution in [2.24, 2.45) is 11.7 Å². The van der Waals surface area contributed by atoms with Crippen molar-refractivity contribution in [1.82, 2.24) is 4.90 Å². The molecule has 1 aliphatic rings. The van der Waals surface area contributed by atoms with Gasteiger partial charge in [0.15, 0.2) is 0 Å². The summed E-state index contributed by atoms with van der Waals surface area (Å²) in [4.78, 5) is 14.0. The van der Waals surface area contributed by atoms with E-state index in [1.165, 1.54) is 0 Å². The van der Waals surface area contributed by atoms with Gasteiger partial charge in [0.1, 0.15) is 0 Å². The molecule has 2 amide bonds. The third-order valence-electron chi connectivity index (χ3n) is 3.78. The first-order valence-electron chi connectivity index (χ1n) is 7.18. The molecule has 2 rings (SSSR count). The van der Waals surface area contributed by atoms with Crippen LogP contribution in [0.3, 0.4) is 0 Å². The minimum Gasteiger partial charge on any atom is -0.396 e. The average molecular weight is 277 g/mol. The molecule has 5 heteroatoms. The number of hydrogen-bond acceptors (Lipinski definition) is 3. The second kappa shape index (κ2) is 7.26. The second-order valence-corrected chi connectivity index (χ2v) is 5.30. The van der Waals surface area contributed by atoms with Gasteiger partial charge in [-0.15, -0.1) is 0 Å². The SMILES string of the molecule is NCc1ccc(NC(=O)N2CCCC(CCO)C2)cc1. The zero-order chi connectivity index (χ0) is 14.4. The number of hydrogen-bond donors (Lipinski definition) is 3. The van der Waals surface area contributed by atoms with Gasteiger partial charge in [0, 0.05) is 31.9 Å². The molecule has 0 aliphatic carbocycles. The Morgan fingerprint density at radius 1 is 1.40 bits per heavy atom. The van der Waals surface area contributed by atoms with Crippen molar-refractivity contribution in [3.05, 3.63) is 29.8 Å². The van der Waals surface area contributed by atoms with Gasteiger partial charge in [-0.2, -0.15) is 0 Å². The summed E-state index contributed by atoms with van der Waals surface area (Å²) in [5.74, 6) is 0.416. The minimum absolute atomic E-state index is 0.0619. The highest BCUT2D eigenvalue weighted by molar-refractivity contribution is 5.89. The maximum Gasteiger partial charge on any atom is 0.321 e. The van der Waals surface area contributed by atoms with Crippen LogP contribution in [-0.4, -0.2) is 35.7 Å². The molecule has 1 aromatic carbocycles. The Morgan fingerprint density at radius 2 is 2.15 bits per heavy atom. The van der Waals surface area contributed by atoms with E-state index in [0.717, 1.165) is 43.6 Å². The van der Waals surface area contributed by atoms with Crippen LogP contribution in [-0.2, 0) is 6.54 Å². The zero-order valence-electron chi connectivity index (χ0n) is 11.7. The lowest BCUT2D eigenvalue weighted by atomic mass is 9.95. The van der Waals surface area contributed by atoms with E-state index in [9.17, 15) is 4.79 Å². The normalized spacial score (nSPS) is 18.9. The molecule has 20 heavy (non-hydrogen) atoms. The van der Waals surface area contributed by atoms with Crippen LogP contribution in [0.4, 0.5) is 10.5 Å². The van der Waals surface area contributed by atoms with Gasteiger partial charge in [-0.1, -0.05) is 12.1 Å². The lowest BCUT2D eigenvalue weighted by Crippen LogP contribution is -2.42. The summed E-state index contributed by atoms with van der Waals surface area (Å²) in [6.45, 7) is 2.21. The van der Waals surface area contributed by atoms with E-state index in [1.807, 2.05) is 29.2 Å². The van der Waals surface area contributed by atoms with Gasteiger partial charge in [-0.25, -0.2) is 4.79 Å². The highest BCUT2D eigenvalue weighted by atomic mass is 16.3. The highest BCUT2D eigenvalue weighted by Crippen LogP contribution is 2.20. The summed E-state index contributed by atoms with van der Waals surface area (Å²) in [5.41, 5.74) is 7.38. The Morgan fingerprint density at radius 3 is 2.80 bits per heavy atom. The summed E-state index contributed by atoms with van der Waals surface area (Å²) in [7, 11) is 0. The second-order valence-electron chi connectivity index (χ2n) is 5.30. The Labute approximate surface area is 119 Å². The topological polar surface area (TPSA) is 78.6 Å². The molecular weight excluding hydrogens is 254 g/mol. The molecule has 1 saturated heterocycles. The smallest absolute Gasteiger partial charge is 0.321 e. The predicted octanol–water partition coefficient (Wildman–Crippen LogP) is 1.77. The summed E-state index contributed by atoms with van der Waals surface area (Å²) >= 11 is 0. The van der Waals surface area contributed by atoms with Gasteiger partial charge in [-0.05, 0) is 42.9 Å². The quantitative estimate of drug-likeness (QED) is 0.785. The number of carbonyl (C=O) groups is 1. The van der Waals surface area contributed by atoms with E-state index in [-0.39, 0.29) is 12.6 Å². The predicted molar refractivity (Wildman–Crippen MR) is 79.4 cm³/mol. The zero-order valence-corrected chi connectivity index (χ0v) is 11.7. The fourth-order valence-electron chi connectivity index (χ4n) is 2.59. The third-order valence-corrected chi connectivity index (χ3v) is 3.78. The van der Waals surface area contributed by atoms with Crippen LogP contribution in [0.2, 0.25) is 0 Å². The van der Waals surface area contributed by atoms with Crippen molar-refractivity contribution in [3.8, 4) is 0 Å². The number of piperidine rings is 1. The van der Waals surface area contributed by atoms with E-state index >= 15 is 0 Å². The van der Waals surface area contributed by atoms with Gasteiger partial charge in [-0.3, -0.25) is 0 Å². The number of nitrogens with zero attached hydrogens (tertiary/aromatic N) is 1. The fourth-order valence-corrected chi connectivity index (χ4v) is 2.59. The molecule has 1 heterocycles. The van der Waals surface area contributed by atoms with E-state index in [2.05, 4.69) is 5.32 Å². The number of nitrogens with two attached hydrogens (primary N) is 1. The molecule has 1 aromatic rings. The van der Waals surface area contributed by atoms with Crippen LogP contribution in [0.5, 0.6) is 0 Å². The molecule has 1 unspecified atom stereocenters. The molecule has 0 aromatic heterocycles. The van der Waals surface area contributed by atoms with Gasteiger partial charge in [0.05, 0.1) is 0 Å². The van der Waals surface area contributed by atoms with Crippen molar-refractivity contribution in [3.63, 3.8) is 0 Å². The van der Waals surface area contributed by atoms with E-state index in [0.29, 0.717) is 12.5 Å². The molecule has 1 atom stereocenters. The Balaban J connectivity index is 1.89. The van der Waals surface area contributed by atoms with E-state index in [4.69, 9.17) is 10.8 Å². The third kappa shape index (κ3) is 3.95. The number of aliphatic hydroxyl groups is 1. The van der Waals surface area contributed by atoms with Gasteiger partial charge in [0.2, 0.25) is 0 Å². The number of likely N-dealkylation sites (tertiary alicyclic amines) is 1. The first-order valence-corrected chi connectivity index (χ1v) is 7.18. The molecule has 110 valence electrons. The number of aliphatic hydroxyl groups excluding tert-OH is 1. The fraction of sp³-hybridized carbons (Fsp3) is 0.533.